The van der Waals surface area contributed by atoms with Gasteiger partial charge in [0.2, 0.25) is 10.0 Å². The second-order valence-corrected chi connectivity index (χ2v) is 10.7. The van der Waals surface area contributed by atoms with Crippen molar-refractivity contribution in [2.75, 3.05) is 25.0 Å². The molecular formula is C24H23N3O5S2. The molecule has 1 fully saturated rings. The van der Waals surface area contributed by atoms with Crippen molar-refractivity contribution in [3.05, 3.63) is 60.4 Å². The lowest BCUT2D eigenvalue weighted by atomic mass is 10.3. The lowest BCUT2D eigenvalue weighted by Crippen LogP contribution is -2.28. The van der Waals surface area contributed by atoms with Crippen LogP contribution < -0.4 is 10.1 Å². The smallest absolute Gasteiger partial charge is 0.291 e. The SMILES string of the molecule is CCOc1ccc(NC(=O)c2ccc(-c3nc4ccccc4s3)o2)cc1S(=O)(=O)N1CCCC1. The number of amides is 1. The van der Waals surface area contributed by atoms with Crippen molar-refractivity contribution in [1.82, 2.24) is 9.29 Å². The fraction of sp³-hybridized carbons (Fsp3) is 0.250. The van der Waals surface area contributed by atoms with Crippen LogP contribution in [0.4, 0.5) is 5.69 Å². The molecule has 1 saturated heterocycles. The normalized spacial score (nSPS) is 14.5. The van der Waals surface area contributed by atoms with Crippen molar-refractivity contribution in [1.29, 1.82) is 0 Å². The van der Waals surface area contributed by atoms with E-state index >= 15 is 0 Å². The zero-order valence-corrected chi connectivity index (χ0v) is 20.1. The Labute approximate surface area is 201 Å². The van der Waals surface area contributed by atoms with Gasteiger partial charge in [-0.05, 0) is 62.2 Å². The van der Waals surface area contributed by atoms with Gasteiger partial charge in [-0.1, -0.05) is 12.1 Å². The average Bonchev–Trinajstić information content (AvgIpc) is 3.60. The van der Waals surface area contributed by atoms with Crippen LogP contribution in [0.2, 0.25) is 0 Å². The van der Waals surface area contributed by atoms with Gasteiger partial charge in [0.05, 0.1) is 16.8 Å². The Morgan fingerprint density at radius 3 is 2.71 bits per heavy atom. The first-order valence-electron chi connectivity index (χ1n) is 11.0. The number of anilines is 1. The molecule has 2 aromatic carbocycles. The lowest BCUT2D eigenvalue weighted by Gasteiger charge is -2.19. The largest absolute Gasteiger partial charge is 0.492 e. The first kappa shape index (κ1) is 22.6. The standard InChI is InChI=1S/C24H23N3O5S2/c1-2-31-18-10-9-16(15-22(18)34(29,30)27-13-5-6-14-27)25-23(28)19-11-12-20(32-19)24-26-17-7-3-4-8-21(17)33-24/h3-4,7-12,15H,2,5-6,13-14H2,1H3,(H,25,28). The molecule has 4 aromatic rings. The van der Waals surface area contributed by atoms with E-state index in [0.29, 0.717) is 36.2 Å². The van der Waals surface area contributed by atoms with Gasteiger partial charge in [-0.2, -0.15) is 4.31 Å². The number of benzene rings is 2. The number of carbonyl (C=O) groups excluding carboxylic acids is 1. The number of carbonyl (C=O) groups is 1. The number of sulfonamides is 1. The first-order chi connectivity index (χ1) is 16.5. The third-order valence-electron chi connectivity index (χ3n) is 5.52. The number of furan rings is 1. The summed E-state index contributed by atoms with van der Waals surface area (Å²) >= 11 is 1.48. The number of ether oxygens (including phenoxy) is 1. The monoisotopic (exact) mass is 497 g/mol. The predicted molar refractivity (Wildman–Crippen MR) is 131 cm³/mol. The van der Waals surface area contributed by atoms with Crippen molar-refractivity contribution in [3.8, 4) is 16.5 Å². The molecule has 1 aliphatic rings. The highest BCUT2D eigenvalue weighted by Gasteiger charge is 2.30. The van der Waals surface area contributed by atoms with Crippen LogP contribution in [0.1, 0.15) is 30.3 Å². The summed E-state index contributed by atoms with van der Waals surface area (Å²) in [5, 5.41) is 3.41. The molecule has 2 aromatic heterocycles. The van der Waals surface area contributed by atoms with Gasteiger partial charge in [-0.25, -0.2) is 13.4 Å². The maximum atomic E-state index is 13.2. The van der Waals surface area contributed by atoms with E-state index in [4.69, 9.17) is 9.15 Å². The first-order valence-corrected chi connectivity index (χ1v) is 13.3. The topological polar surface area (TPSA) is 102 Å². The van der Waals surface area contributed by atoms with Crippen molar-refractivity contribution in [3.63, 3.8) is 0 Å². The van der Waals surface area contributed by atoms with E-state index in [1.165, 1.54) is 21.7 Å². The van der Waals surface area contributed by atoms with Gasteiger partial charge in [0.15, 0.2) is 16.5 Å². The van der Waals surface area contributed by atoms with Crippen molar-refractivity contribution < 1.29 is 22.4 Å². The minimum absolute atomic E-state index is 0.0451. The molecule has 176 valence electrons. The second-order valence-electron chi connectivity index (χ2n) is 7.81. The van der Waals surface area contributed by atoms with E-state index in [-0.39, 0.29) is 16.4 Å². The van der Waals surface area contributed by atoms with Gasteiger partial charge in [-0.3, -0.25) is 4.79 Å². The summed E-state index contributed by atoms with van der Waals surface area (Å²) in [6, 6.07) is 15.7. The minimum Gasteiger partial charge on any atom is -0.492 e. The predicted octanol–water partition coefficient (Wildman–Crippen LogP) is 4.99. The molecule has 0 radical (unpaired) electrons. The third kappa shape index (κ3) is 4.31. The van der Waals surface area contributed by atoms with Crippen LogP contribution in [0.25, 0.3) is 21.0 Å². The van der Waals surface area contributed by atoms with E-state index in [9.17, 15) is 13.2 Å². The summed E-state index contributed by atoms with van der Waals surface area (Å²) in [7, 11) is -3.73. The highest BCUT2D eigenvalue weighted by atomic mass is 32.2. The number of hydrogen-bond acceptors (Lipinski definition) is 7. The summed E-state index contributed by atoms with van der Waals surface area (Å²) in [5.41, 5.74) is 1.20. The number of thiazole rings is 1. The van der Waals surface area contributed by atoms with Crippen molar-refractivity contribution in [2.24, 2.45) is 0 Å². The van der Waals surface area contributed by atoms with Crippen LogP contribution in [0.15, 0.2) is 63.9 Å². The Hall–Kier alpha value is -3.21. The molecule has 0 unspecified atom stereocenters. The summed E-state index contributed by atoms with van der Waals surface area (Å²) in [6.45, 7) is 3.08. The summed E-state index contributed by atoms with van der Waals surface area (Å²) in [6.07, 6.45) is 1.66. The van der Waals surface area contributed by atoms with Gasteiger partial charge in [0, 0.05) is 18.8 Å². The van der Waals surface area contributed by atoms with Gasteiger partial charge >= 0.3 is 0 Å². The zero-order valence-electron chi connectivity index (χ0n) is 18.5. The summed E-state index contributed by atoms with van der Waals surface area (Å²) in [5.74, 6) is 0.381. The molecule has 10 heteroatoms. The highest BCUT2D eigenvalue weighted by Crippen LogP contribution is 2.33. The van der Waals surface area contributed by atoms with Gasteiger partial charge in [0.25, 0.3) is 5.91 Å². The van der Waals surface area contributed by atoms with Crippen molar-refractivity contribution in [2.45, 2.75) is 24.7 Å². The molecule has 0 aliphatic carbocycles. The Morgan fingerprint density at radius 2 is 1.94 bits per heavy atom. The van der Waals surface area contributed by atoms with Gasteiger partial charge in [0.1, 0.15) is 10.6 Å². The summed E-state index contributed by atoms with van der Waals surface area (Å²) < 4.78 is 40.2. The number of rotatable bonds is 7. The maximum absolute atomic E-state index is 13.2. The van der Waals surface area contributed by atoms with Crippen LogP contribution in [-0.2, 0) is 10.0 Å². The fourth-order valence-electron chi connectivity index (χ4n) is 3.87. The highest BCUT2D eigenvalue weighted by molar-refractivity contribution is 7.89. The van der Waals surface area contributed by atoms with Crippen molar-refractivity contribution >= 4 is 43.2 Å². The molecule has 1 amide bonds. The molecular weight excluding hydrogens is 474 g/mol. The number of fused-ring (bicyclic) bond motifs is 1. The van der Waals surface area contributed by atoms with Crippen LogP contribution in [0.5, 0.6) is 5.75 Å². The number of para-hydroxylation sites is 1. The van der Waals surface area contributed by atoms with E-state index in [2.05, 4.69) is 10.3 Å². The molecule has 5 rings (SSSR count). The Kier molecular flexibility index (Phi) is 6.11. The lowest BCUT2D eigenvalue weighted by molar-refractivity contribution is 0.0997. The molecule has 1 N–H and O–H groups in total. The Bertz CT molecular complexity index is 1420. The van der Waals surface area contributed by atoms with E-state index in [0.717, 1.165) is 23.1 Å². The Balaban J connectivity index is 1.39. The molecule has 34 heavy (non-hydrogen) atoms. The quantitative estimate of drug-likeness (QED) is 0.386. The van der Waals surface area contributed by atoms with E-state index < -0.39 is 15.9 Å². The number of nitrogens with one attached hydrogen (secondary N) is 1. The van der Waals surface area contributed by atoms with E-state index in [1.807, 2.05) is 24.3 Å². The van der Waals surface area contributed by atoms with Crippen LogP contribution in [0, 0.1) is 0 Å². The molecule has 8 nitrogen and oxygen atoms in total. The third-order valence-corrected chi connectivity index (χ3v) is 8.49. The second kappa shape index (κ2) is 9.21. The zero-order chi connectivity index (χ0) is 23.7. The number of aromatic nitrogens is 1. The number of hydrogen-bond donors (Lipinski definition) is 1. The van der Waals surface area contributed by atoms with Crippen LogP contribution in [0.3, 0.4) is 0 Å². The molecule has 0 atom stereocenters. The molecule has 1 aliphatic heterocycles. The molecule has 0 saturated carbocycles. The molecule has 0 spiro atoms. The molecule has 0 bridgehead atoms. The average molecular weight is 498 g/mol. The van der Waals surface area contributed by atoms with Crippen LogP contribution >= 0.6 is 11.3 Å². The van der Waals surface area contributed by atoms with E-state index in [1.54, 1.807) is 31.2 Å². The van der Waals surface area contributed by atoms with Gasteiger partial charge < -0.3 is 14.5 Å². The Morgan fingerprint density at radius 1 is 1.15 bits per heavy atom. The van der Waals surface area contributed by atoms with Crippen LogP contribution in [-0.4, -0.2) is 43.3 Å². The maximum Gasteiger partial charge on any atom is 0.291 e. The van der Waals surface area contributed by atoms with Gasteiger partial charge in [-0.15, -0.1) is 11.3 Å². The minimum atomic E-state index is -3.73. The number of nitrogens with zero attached hydrogens (tertiary/aromatic N) is 2. The summed E-state index contributed by atoms with van der Waals surface area (Å²) in [4.78, 5) is 17.4. The molecule has 3 heterocycles. The fourth-order valence-corrected chi connectivity index (χ4v) is 6.48.